The van der Waals surface area contributed by atoms with Crippen LogP contribution in [-0.4, -0.2) is 38.6 Å². The molecule has 0 spiro atoms. The van der Waals surface area contributed by atoms with Crippen LogP contribution >= 0.6 is 11.8 Å². The summed E-state index contributed by atoms with van der Waals surface area (Å²) in [6.45, 7) is 5.24. The highest BCUT2D eigenvalue weighted by atomic mass is 32.2. The van der Waals surface area contributed by atoms with Crippen molar-refractivity contribution in [3.05, 3.63) is 43.0 Å². The number of nitrogens with one attached hydrogen (secondary N) is 2. The smallest absolute Gasteiger partial charge is 0.315 e. The fraction of sp³-hybridized carbons (Fsp3) is 0.400. The Labute approximate surface area is 134 Å². The highest BCUT2D eigenvalue weighted by Crippen LogP contribution is 2.21. The van der Waals surface area contributed by atoms with Crippen molar-refractivity contribution in [2.24, 2.45) is 0 Å². The van der Waals surface area contributed by atoms with Gasteiger partial charge in [0, 0.05) is 22.7 Å². The number of aromatic nitrogens is 3. The van der Waals surface area contributed by atoms with Crippen molar-refractivity contribution in [1.29, 1.82) is 0 Å². The number of amides is 2. The molecular weight excluding hydrogens is 298 g/mol. The molecule has 2 atom stereocenters. The summed E-state index contributed by atoms with van der Waals surface area (Å²) in [5.74, 6) is 0. The van der Waals surface area contributed by atoms with Gasteiger partial charge in [-0.2, -0.15) is 5.10 Å². The summed E-state index contributed by atoms with van der Waals surface area (Å²) < 4.78 is 1.69. The van der Waals surface area contributed by atoms with Gasteiger partial charge in [0.1, 0.15) is 12.7 Å². The van der Waals surface area contributed by atoms with E-state index in [0.29, 0.717) is 18.3 Å². The molecule has 0 aliphatic heterocycles. The first-order valence-corrected chi connectivity index (χ1v) is 8.10. The zero-order valence-corrected chi connectivity index (χ0v) is 13.6. The molecule has 0 bridgehead atoms. The summed E-state index contributed by atoms with van der Waals surface area (Å²) in [5, 5.41) is 10.1. The minimum Gasteiger partial charge on any atom is -0.337 e. The van der Waals surface area contributed by atoms with Gasteiger partial charge in [-0.05, 0) is 19.1 Å². The third-order valence-electron chi connectivity index (χ3n) is 2.94. The molecule has 0 saturated heterocycles. The zero-order chi connectivity index (χ0) is 15.8. The van der Waals surface area contributed by atoms with E-state index in [0.717, 1.165) is 0 Å². The topological polar surface area (TPSA) is 71.8 Å². The van der Waals surface area contributed by atoms with E-state index in [2.05, 4.69) is 39.8 Å². The van der Waals surface area contributed by atoms with Gasteiger partial charge in [-0.15, -0.1) is 11.8 Å². The van der Waals surface area contributed by atoms with E-state index in [4.69, 9.17) is 0 Å². The van der Waals surface area contributed by atoms with Crippen molar-refractivity contribution >= 4 is 17.8 Å². The Morgan fingerprint density at radius 1 is 1.32 bits per heavy atom. The molecule has 0 radical (unpaired) electrons. The SMILES string of the molecule is C[C@H](Cn1cncn1)NC(=O)NC[C@H](C)Sc1ccccc1. The van der Waals surface area contributed by atoms with Crippen molar-refractivity contribution in [2.45, 2.75) is 36.6 Å². The van der Waals surface area contributed by atoms with E-state index < -0.39 is 0 Å². The summed E-state index contributed by atoms with van der Waals surface area (Å²) in [5.41, 5.74) is 0. The molecule has 1 aromatic carbocycles. The lowest BCUT2D eigenvalue weighted by molar-refractivity contribution is 0.236. The number of benzene rings is 1. The maximum Gasteiger partial charge on any atom is 0.315 e. The molecule has 2 rings (SSSR count). The lowest BCUT2D eigenvalue weighted by Gasteiger charge is -2.16. The fourth-order valence-corrected chi connectivity index (χ4v) is 2.88. The van der Waals surface area contributed by atoms with E-state index in [-0.39, 0.29) is 12.1 Å². The highest BCUT2D eigenvalue weighted by Gasteiger charge is 2.10. The quantitative estimate of drug-likeness (QED) is 0.767. The van der Waals surface area contributed by atoms with Crippen LogP contribution in [0.1, 0.15) is 13.8 Å². The number of carbonyl (C=O) groups is 1. The molecule has 7 heteroatoms. The van der Waals surface area contributed by atoms with Gasteiger partial charge in [0.25, 0.3) is 0 Å². The van der Waals surface area contributed by atoms with E-state index in [1.54, 1.807) is 22.8 Å². The lowest BCUT2D eigenvalue weighted by atomic mass is 10.3. The molecule has 22 heavy (non-hydrogen) atoms. The van der Waals surface area contributed by atoms with Gasteiger partial charge in [0.2, 0.25) is 0 Å². The van der Waals surface area contributed by atoms with Crippen LogP contribution in [0, 0.1) is 0 Å². The van der Waals surface area contributed by atoms with Crippen LogP contribution in [0.5, 0.6) is 0 Å². The van der Waals surface area contributed by atoms with Gasteiger partial charge in [0.15, 0.2) is 0 Å². The lowest BCUT2D eigenvalue weighted by Crippen LogP contribution is -2.44. The number of nitrogens with zero attached hydrogens (tertiary/aromatic N) is 3. The minimum absolute atomic E-state index is 0.0150. The summed E-state index contributed by atoms with van der Waals surface area (Å²) in [7, 11) is 0. The second-order valence-corrected chi connectivity index (χ2v) is 6.63. The average Bonchev–Trinajstić information content (AvgIpc) is 2.99. The second-order valence-electron chi connectivity index (χ2n) is 5.11. The van der Waals surface area contributed by atoms with Crippen LogP contribution < -0.4 is 10.6 Å². The maximum absolute atomic E-state index is 11.9. The molecule has 6 nitrogen and oxygen atoms in total. The first kappa shape index (κ1) is 16.4. The molecule has 118 valence electrons. The van der Waals surface area contributed by atoms with Crippen molar-refractivity contribution in [2.75, 3.05) is 6.54 Å². The Balaban J connectivity index is 1.66. The third-order valence-corrected chi connectivity index (χ3v) is 4.05. The molecule has 0 unspecified atom stereocenters. The number of carbonyl (C=O) groups excluding carboxylic acids is 1. The molecule has 0 saturated carbocycles. The summed E-state index contributed by atoms with van der Waals surface area (Å²) in [6.07, 6.45) is 3.12. The maximum atomic E-state index is 11.9. The Hall–Kier alpha value is -2.02. The predicted molar refractivity (Wildman–Crippen MR) is 87.8 cm³/mol. The van der Waals surface area contributed by atoms with Crippen LogP contribution in [0.2, 0.25) is 0 Å². The molecule has 2 amide bonds. The van der Waals surface area contributed by atoms with Crippen molar-refractivity contribution < 1.29 is 4.79 Å². The molecule has 2 N–H and O–H groups in total. The van der Waals surface area contributed by atoms with Gasteiger partial charge in [-0.25, -0.2) is 9.78 Å². The Morgan fingerprint density at radius 3 is 2.77 bits per heavy atom. The molecule has 2 aromatic rings. The number of rotatable bonds is 7. The number of hydrogen-bond acceptors (Lipinski definition) is 4. The third kappa shape index (κ3) is 5.77. The summed E-state index contributed by atoms with van der Waals surface area (Å²) in [4.78, 5) is 16.9. The van der Waals surface area contributed by atoms with E-state index in [9.17, 15) is 4.79 Å². The van der Waals surface area contributed by atoms with Crippen LogP contribution in [0.25, 0.3) is 0 Å². The van der Waals surface area contributed by atoms with Gasteiger partial charge in [-0.1, -0.05) is 25.1 Å². The minimum atomic E-state index is -0.159. The van der Waals surface area contributed by atoms with Crippen molar-refractivity contribution in [1.82, 2.24) is 25.4 Å². The van der Waals surface area contributed by atoms with Crippen molar-refractivity contribution in [3.8, 4) is 0 Å². The standard InChI is InChI=1S/C15H21N5OS/c1-12(9-20-11-16-10-18-20)19-15(21)17-8-13(2)22-14-6-4-3-5-7-14/h3-7,10-13H,8-9H2,1-2H3,(H2,17,19,21)/t12-,13+/m1/s1. The Bertz CT molecular complexity index is 561. The van der Waals surface area contributed by atoms with Crippen LogP contribution in [0.4, 0.5) is 4.79 Å². The predicted octanol–water partition coefficient (Wildman–Crippen LogP) is 2.15. The first-order chi connectivity index (χ1) is 10.6. The van der Waals surface area contributed by atoms with Gasteiger partial charge >= 0.3 is 6.03 Å². The van der Waals surface area contributed by atoms with Crippen molar-refractivity contribution in [3.63, 3.8) is 0 Å². The largest absolute Gasteiger partial charge is 0.337 e. The normalized spacial score (nSPS) is 13.4. The van der Waals surface area contributed by atoms with Gasteiger partial charge < -0.3 is 10.6 Å². The second kappa shape index (κ2) is 8.43. The molecule has 0 fully saturated rings. The molecule has 0 aliphatic rings. The van der Waals surface area contributed by atoms with Crippen LogP contribution in [0.15, 0.2) is 47.9 Å². The number of thioether (sulfide) groups is 1. The Kier molecular flexibility index (Phi) is 6.27. The molecule has 1 aromatic heterocycles. The highest BCUT2D eigenvalue weighted by molar-refractivity contribution is 8.00. The first-order valence-electron chi connectivity index (χ1n) is 7.22. The number of hydrogen-bond donors (Lipinski definition) is 2. The Morgan fingerprint density at radius 2 is 2.09 bits per heavy atom. The van der Waals surface area contributed by atoms with Crippen LogP contribution in [0.3, 0.4) is 0 Å². The molecule has 0 aliphatic carbocycles. The van der Waals surface area contributed by atoms with E-state index in [1.807, 2.05) is 25.1 Å². The zero-order valence-electron chi connectivity index (χ0n) is 12.8. The van der Waals surface area contributed by atoms with Gasteiger partial charge in [0.05, 0.1) is 6.54 Å². The molecular formula is C15H21N5OS. The fourth-order valence-electron chi connectivity index (χ4n) is 1.94. The van der Waals surface area contributed by atoms with E-state index >= 15 is 0 Å². The monoisotopic (exact) mass is 319 g/mol. The van der Waals surface area contributed by atoms with Gasteiger partial charge in [-0.3, -0.25) is 4.68 Å². The average molecular weight is 319 g/mol. The molecule has 1 heterocycles. The van der Waals surface area contributed by atoms with E-state index in [1.165, 1.54) is 11.2 Å². The summed E-state index contributed by atoms with van der Waals surface area (Å²) >= 11 is 1.74. The van der Waals surface area contributed by atoms with Crippen LogP contribution in [-0.2, 0) is 6.54 Å². The number of urea groups is 1. The summed E-state index contributed by atoms with van der Waals surface area (Å²) in [6, 6.07) is 9.99.